The van der Waals surface area contributed by atoms with E-state index in [1.807, 2.05) is 11.8 Å². The molecule has 0 aliphatic heterocycles. The Bertz CT molecular complexity index is 801. The van der Waals surface area contributed by atoms with Crippen LogP contribution in [0.5, 0.6) is 0 Å². The van der Waals surface area contributed by atoms with Gasteiger partial charge in [0.25, 0.3) is 5.91 Å². The average Bonchev–Trinajstić information content (AvgIpc) is 3.06. The Balaban J connectivity index is 1.56. The van der Waals surface area contributed by atoms with Crippen LogP contribution in [-0.4, -0.2) is 56.8 Å². The highest BCUT2D eigenvalue weighted by atomic mass is 19.1. The highest BCUT2D eigenvalue weighted by Crippen LogP contribution is 2.25. The van der Waals surface area contributed by atoms with E-state index in [1.165, 1.54) is 10.7 Å². The number of benzene rings is 1. The molecule has 0 bridgehead atoms. The quantitative estimate of drug-likeness (QED) is 0.784. The zero-order valence-electron chi connectivity index (χ0n) is 14.4. The van der Waals surface area contributed by atoms with Gasteiger partial charge in [-0.15, -0.1) is 0 Å². The summed E-state index contributed by atoms with van der Waals surface area (Å²) in [5, 5.41) is 15.9. The predicted molar refractivity (Wildman–Crippen MR) is 92.7 cm³/mol. The zero-order valence-corrected chi connectivity index (χ0v) is 14.4. The Hall–Kier alpha value is -2.74. The number of para-hydroxylation sites is 1. The maximum absolute atomic E-state index is 13.8. The van der Waals surface area contributed by atoms with Gasteiger partial charge in [0.05, 0.1) is 6.54 Å². The molecule has 0 saturated heterocycles. The van der Waals surface area contributed by atoms with E-state index in [0.717, 1.165) is 0 Å². The third-order valence-electron chi connectivity index (χ3n) is 4.63. The number of carbonyl (C=O) groups is 2. The van der Waals surface area contributed by atoms with Gasteiger partial charge < -0.3 is 10.4 Å². The monoisotopic (exact) mass is 360 g/mol. The summed E-state index contributed by atoms with van der Waals surface area (Å²) >= 11 is 0. The van der Waals surface area contributed by atoms with E-state index in [2.05, 4.69) is 10.4 Å². The standard InChI is InChI=1S/C18H21FN4O3/c1-2-22(11-17(24)25)13-9-12(10-13)20-18(26)15-7-8-23(21-15)16-6-4-3-5-14(16)19/h3-8,12-13H,2,9-11H2,1H3,(H,20,26)(H,24,25). The Labute approximate surface area is 150 Å². The van der Waals surface area contributed by atoms with Crippen molar-refractivity contribution in [3.8, 4) is 5.69 Å². The molecule has 7 nitrogen and oxygen atoms in total. The third kappa shape index (κ3) is 3.91. The first-order valence-corrected chi connectivity index (χ1v) is 8.55. The lowest BCUT2D eigenvalue weighted by atomic mass is 9.85. The van der Waals surface area contributed by atoms with Crippen molar-refractivity contribution in [3.05, 3.63) is 48.0 Å². The van der Waals surface area contributed by atoms with E-state index in [4.69, 9.17) is 5.11 Å². The van der Waals surface area contributed by atoms with Crippen LogP contribution in [0.2, 0.25) is 0 Å². The van der Waals surface area contributed by atoms with E-state index in [1.54, 1.807) is 30.5 Å². The van der Waals surface area contributed by atoms with E-state index >= 15 is 0 Å². The van der Waals surface area contributed by atoms with Gasteiger partial charge >= 0.3 is 5.97 Å². The molecular formula is C18H21FN4O3. The number of aromatic nitrogens is 2. The second-order valence-electron chi connectivity index (χ2n) is 6.35. The van der Waals surface area contributed by atoms with Crippen molar-refractivity contribution in [3.63, 3.8) is 0 Å². The van der Waals surface area contributed by atoms with Gasteiger partial charge in [0.1, 0.15) is 11.5 Å². The summed E-state index contributed by atoms with van der Waals surface area (Å²) in [6.07, 6.45) is 2.96. The zero-order chi connectivity index (χ0) is 18.7. The molecule has 8 heteroatoms. The molecule has 138 valence electrons. The first kappa shape index (κ1) is 18.1. The second kappa shape index (κ2) is 7.65. The van der Waals surface area contributed by atoms with Gasteiger partial charge in [-0.2, -0.15) is 5.10 Å². The molecule has 26 heavy (non-hydrogen) atoms. The number of nitrogens with one attached hydrogen (secondary N) is 1. The fourth-order valence-electron chi connectivity index (χ4n) is 3.15. The lowest BCUT2D eigenvalue weighted by Gasteiger charge is -2.42. The number of hydrogen-bond donors (Lipinski definition) is 2. The van der Waals surface area contributed by atoms with Crippen LogP contribution in [0.1, 0.15) is 30.3 Å². The van der Waals surface area contributed by atoms with Crippen molar-refractivity contribution in [2.75, 3.05) is 13.1 Å². The number of amides is 1. The molecule has 1 aliphatic carbocycles. The van der Waals surface area contributed by atoms with Crippen LogP contribution in [0, 0.1) is 5.82 Å². The van der Waals surface area contributed by atoms with Crippen LogP contribution in [0.25, 0.3) is 5.69 Å². The number of aliphatic carboxylic acids is 1. The maximum Gasteiger partial charge on any atom is 0.317 e. The average molecular weight is 360 g/mol. The highest BCUT2D eigenvalue weighted by Gasteiger charge is 2.35. The number of rotatable bonds is 7. The van der Waals surface area contributed by atoms with Gasteiger partial charge in [-0.1, -0.05) is 19.1 Å². The van der Waals surface area contributed by atoms with Crippen molar-refractivity contribution in [1.82, 2.24) is 20.0 Å². The number of nitrogens with zero attached hydrogens (tertiary/aromatic N) is 3. The SMILES string of the molecule is CCN(CC(=O)O)C1CC(NC(=O)c2ccn(-c3ccccc3F)n2)C1. The first-order valence-electron chi connectivity index (χ1n) is 8.55. The summed E-state index contributed by atoms with van der Waals surface area (Å²) in [5.74, 6) is -1.58. The largest absolute Gasteiger partial charge is 0.480 e. The number of likely N-dealkylation sites (N-methyl/N-ethyl adjacent to an activating group) is 1. The molecule has 1 aromatic heterocycles. The summed E-state index contributed by atoms with van der Waals surface area (Å²) in [4.78, 5) is 25.1. The molecular weight excluding hydrogens is 339 g/mol. The molecule has 1 heterocycles. The van der Waals surface area contributed by atoms with Crippen molar-refractivity contribution in [2.45, 2.75) is 31.8 Å². The minimum Gasteiger partial charge on any atom is -0.480 e. The van der Waals surface area contributed by atoms with E-state index < -0.39 is 11.8 Å². The minimum atomic E-state index is -0.849. The molecule has 1 aromatic carbocycles. The van der Waals surface area contributed by atoms with Gasteiger partial charge in [-0.05, 0) is 37.6 Å². The van der Waals surface area contributed by atoms with Gasteiger partial charge in [-0.25, -0.2) is 9.07 Å². The summed E-state index contributed by atoms with van der Waals surface area (Å²) < 4.78 is 15.1. The molecule has 1 amide bonds. The van der Waals surface area contributed by atoms with Crippen LogP contribution < -0.4 is 5.32 Å². The summed E-state index contributed by atoms with van der Waals surface area (Å²) in [5.41, 5.74) is 0.497. The van der Waals surface area contributed by atoms with Gasteiger partial charge in [0.2, 0.25) is 0 Å². The minimum absolute atomic E-state index is 0.00560. The predicted octanol–water partition coefficient (Wildman–Crippen LogP) is 1.68. The molecule has 2 N–H and O–H groups in total. The number of carboxylic acids is 1. The van der Waals surface area contributed by atoms with E-state index in [9.17, 15) is 14.0 Å². The molecule has 1 fully saturated rings. The number of carbonyl (C=O) groups excluding carboxylic acids is 1. The van der Waals surface area contributed by atoms with Crippen molar-refractivity contribution in [2.24, 2.45) is 0 Å². The molecule has 0 atom stereocenters. The van der Waals surface area contributed by atoms with Crippen LogP contribution in [0.4, 0.5) is 4.39 Å². The van der Waals surface area contributed by atoms with Crippen molar-refractivity contribution >= 4 is 11.9 Å². The molecule has 3 rings (SSSR count). The lowest BCUT2D eigenvalue weighted by molar-refractivity contribution is -0.139. The first-order chi connectivity index (χ1) is 12.5. The molecule has 2 aromatic rings. The molecule has 0 unspecified atom stereocenters. The van der Waals surface area contributed by atoms with Crippen LogP contribution in [0.15, 0.2) is 36.5 Å². The van der Waals surface area contributed by atoms with Crippen molar-refractivity contribution < 1.29 is 19.1 Å². The summed E-state index contributed by atoms with van der Waals surface area (Å²) in [6.45, 7) is 2.59. The number of carboxylic acid groups (broad SMARTS) is 1. The Morgan fingerprint density at radius 3 is 2.73 bits per heavy atom. The van der Waals surface area contributed by atoms with Crippen molar-refractivity contribution in [1.29, 1.82) is 0 Å². The maximum atomic E-state index is 13.8. The Kier molecular flexibility index (Phi) is 5.32. The second-order valence-corrected chi connectivity index (χ2v) is 6.35. The number of halogens is 1. The van der Waals surface area contributed by atoms with Gasteiger partial charge in [-0.3, -0.25) is 14.5 Å². The molecule has 0 radical (unpaired) electrons. The summed E-state index contributed by atoms with van der Waals surface area (Å²) in [6, 6.07) is 7.91. The van der Waals surface area contributed by atoms with Crippen LogP contribution in [-0.2, 0) is 4.79 Å². The Morgan fingerprint density at radius 2 is 2.08 bits per heavy atom. The Morgan fingerprint density at radius 1 is 1.35 bits per heavy atom. The summed E-state index contributed by atoms with van der Waals surface area (Å²) in [7, 11) is 0. The lowest BCUT2D eigenvalue weighted by Crippen LogP contribution is -2.54. The smallest absolute Gasteiger partial charge is 0.317 e. The topological polar surface area (TPSA) is 87.5 Å². The molecule has 1 saturated carbocycles. The van der Waals surface area contributed by atoms with Crippen LogP contribution in [0.3, 0.4) is 0 Å². The number of hydrogen-bond acceptors (Lipinski definition) is 4. The van der Waals surface area contributed by atoms with Gasteiger partial charge in [0, 0.05) is 18.3 Å². The molecule has 0 spiro atoms. The highest BCUT2D eigenvalue weighted by molar-refractivity contribution is 5.92. The fraction of sp³-hybridized carbons (Fsp3) is 0.389. The third-order valence-corrected chi connectivity index (χ3v) is 4.63. The van der Waals surface area contributed by atoms with Crippen LogP contribution >= 0.6 is 0 Å². The fourth-order valence-corrected chi connectivity index (χ4v) is 3.15. The molecule has 1 aliphatic rings. The van der Waals surface area contributed by atoms with Gasteiger partial charge in [0.15, 0.2) is 5.69 Å². The van der Waals surface area contributed by atoms with E-state index in [0.29, 0.717) is 19.4 Å². The van der Waals surface area contributed by atoms with E-state index in [-0.39, 0.29) is 35.9 Å². The normalized spacial score (nSPS) is 19.2.